The molecule has 1 unspecified atom stereocenters. The van der Waals surface area contributed by atoms with Gasteiger partial charge in [-0.15, -0.1) is 0 Å². The number of carbonyl (C=O) groups is 3. The molecule has 2 amide bonds. The number of carboxylic acids is 1. The van der Waals surface area contributed by atoms with E-state index in [9.17, 15) is 19.5 Å². The highest BCUT2D eigenvalue weighted by Crippen LogP contribution is 2.44. The van der Waals surface area contributed by atoms with Crippen LogP contribution in [-0.4, -0.2) is 52.3 Å². The van der Waals surface area contributed by atoms with Gasteiger partial charge in [0.05, 0.1) is 6.54 Å². The molecule has 3 aromatic rings. The summed E-state index contributed by atoms with van der Waals surface area (Å²) >= 11 is 0. The molecule has 0 fully saturated rings. The molecule has 1 atom stereocenters. The highest BCUT2D eigenvalue weighted by Gasteiger charge is 2.30. The van der Waals surface area contributed by atoms with Crippen molar-refractivity contribution >= 4 is 18.0 Å². The number of fused-ring (bicyclic) bond motifs is 3. The lowest BCUT2D eigenvalue weighted by atomic mass is 9.98. The third-order valence-corrected chi connectivity index (χ3v) is 6.05. The summed E-state index contributed by atoms with van der Waals surface area (Å²) in [5.74, 6) is -1.73. The van der Waals surface area contributed by atoms with Crippen molar-refractivity contribution in [3.8, 4) is 11.1 Å². The molecular formula is C25H25N3O6. The molecule has 0 spiro atoms. The second-order valence-electron chi connectivity index (χ2n) is 7.96. The molecule has 0 saturated carbocycles. The molecule has 0 saturated heterocycles. The zero-order valence-electron chi connectivity index (χ0n) is 18.9. The largest absolute Gasteiger partial charge is 0.480 e. The van der Waals surface area contributed by atoms with Gasteiger partial charge in [-0.25, -0.2) is 9.59 Å². The molecule has 0 bridgehead atoms. The zero-order chi connectivity index (χ0) is 24.2. The van der Waals surface area contributed by atoms with Crippen LogP contribution in [0.4, 0.5) is 4.79 Å². The zero-order valence-corrected chi connectivity index (χ0v) is 18.9. The van der Waals surface area contributed by atoms with Crippen LogP contribution in [0.1, 0.15) is 46.9 Å². The molecule has 176 valence electrons. The lowest BCUT2D eigenvalue weighted by Crippen LogP contribution is -2.43. The van der Waals surface area contributed by atoms with Gasteiger partial charge in [0, 0.05) is 12.5 Å². The fourth-order valence-electron chi connectivity index (χ4n) is 4.25. The normalized spacial score (nSPS) is 13.0. The van der Waals surface area contributed by atoms with Gasteiger partial charge in [-0.3, -0.25) is 4.79 Å². The fraction of sp³-hybridized carbons (Fsp3) is 0.280. The van der Waals surface area contributed by atoms with E-state index in [4.69, 9.17) is 9.26 Å². The Morgan fingerprint density at radius 2 is 1.74 bits per heavy atom. The van der Waals surface area contributed by atoms with Crippen LogP contribution in [0.2, 0.25) is 0 Å². The summed E-state index contributed by atoms with van der Waals surface area (Å²) in [6, 6.07) is 15.1. The third kappa shape index (κ3) is 4.36. The molecule has 1 aromatic heterocycles. The first-order chi connectivity index (χ1) is 16.4. The Balaban J connectivity index is 1.39. The van der Waals surface area contributed by atoms with Crippen molar-refractivity contribution in [3.63, 3.8) is 0 Å². The molecule has 1 aliphatic rings. The van der Waals surface area contributed by atoms with Gasteiger partial charge in [0.2, 0.25) is 0 Å². The van der Waals surface area contributed by atoms with Gasteiger partial charge in [-0.1, -0.05) is 53.7 Å². The number of carboxylic acid groups (broad SMARTS) is 1. The van der Waals surface area contributed by atoms with Gasteiger partial charge in [-0.2, -0.15) is 0 Å². The maximum atomic E-state index is 12.8. The van der Waals surface area contributed by atoms with E-state index in [2.05, 4.69) is 22.6 Å². The predicted octanol–water partition coefficient (Wildman–Crippen LogP) is 3.65. The van der Waals surface area contributed by atoms with E-state index in [-0.39, 0.29) is 36.9 Å². The van der Waals surface area contributed by atoms with Crippen molar-refractivity contribution in [2.45, 2.75) is 32.4 Å². The lowest BCUT2D eigenvalue weighted by Gasteiger charge is -2.24. The number of alkyl carbamates (subject to hydrolysis) is 1. The smallest absolute Gasteiger partial charge is 0.407 e. The third-order valence-electron chi connectivity index (χ3n) is 6.05. The van der Waals surface area contributed by atoms with Gasteiger partial charge in [0.15, 0.2) is 0 Å². The number of aliphatic carboxylic acids is 1. The number of nitrogens with one attached hydrogen (secondary N) is 1. The average Bonchev–Trinajstić information content (AvgIpc) is 3.44. The average molecular weight is 463 g/mol. The first-order valence-electron chi connectivity index (χ1n) is 11.0. The maximum Gasteiger partial charge on any atom is 0.407 e. The molecule has 9 nitrogen and oxygen atoms in total. The Labute approximate surface area is 196 Å². The van der Waals surface area contributed by atoms with Crippen LogP contribution in [0.25, 0.3) is 11.1 Å². The van der Waals surface area contributed by atoms with Crippen LogP contribution in [0.15, 0.2) is 59.3 Å². The summed E-state index contributed by atoms with van der Waals surface area (Å²) in [5.41, 5.74) is 4.76. The molecule has 0 aliphatic heterocycles. The number of amides is 2. The summed E-state index contributed by atoms with van der Waals surface area (Å²) in [5, 5.41) is 15.6. The Hall–Kier alpha value is -4.14. The molecule has 1 heterocycles. The van der Waals surface area contributed by atoms with Crippen molar-refractivity contribution in [1.82, 2.24) is 15.4 Å². The number of rotatable bonds is 8. The summed E-state index contributed by atoms with van der Waals surface area (Å²) in [6.07, 6.45) is 0.489. The summed E-state index contributed by atoms with van der Waals surface area (Å²) in [7, 11) is 0. The van der Waals surface area contributed by atoms with Crippen molar-refractivity contribution in [1.29, 1.82) is 0 Å². The number of hydrogen-bond donors (Lipinski definition) is 2. The second kappa shape index (κ2) is 9.78. The molecule has 2 N–H and O–H groups in total. The lowest BCUT2D eigenvalue weighted by molar-refractivity contribution is -0.141. The van der Waals surface area contributed by atoms with Crippen molar-refractivity contribution in [2.24, 2.45) is 0 Å². The van der Waals surface area contributed by atoms with E-state index in [1.807, 2.05) is 36.4 Å². The van der Waals surface area contributed by atoms with Crippen LogP contribution in [0, 0.1) is 0 Å². The second-order valence-corrected chi connectivity index (χ2v) is 7.96. The van der Waals surface area contributed by atoms with E-state index in [1.54, 1.807) is 6.92 Å². The van der Waals surface area contributed by atoms with Gasteiger partial charge in [0.25, 0.3) is 5.91 Å². The van der Waals surface area contributed by atoms with E-state index in [0.29, 0.717) is 0 Å². The van der Waals surface area contributed by atoms with Crippen molar-refractivity contribution < 1.29 is 28.8 Å². The molecule has 1 aliphatic carbocycles. The molecule has 2 aromatic carbocycles. The highest BCUT2D eigenvalue weighted by atomic mass is 16.5. The van der Waals surface area contributed by atoms with Crippen molar-refractivity contribution in [2.75, 3.05) is 13.2 Å². The molecule has 4 rings (SSSR count). The Bertz CT molecular complexity index is 1180. The first-order valence-corrected chi connectivity index (χ1v) is 11.0. The van der Waals surface area contributed by atoms with Gasteiger partial charge >= 0.3 is 12.1 Å². The van der Waals surface area contributed by atoms with Gasteiger partial charge in [-0.05, 0) is 36.1 Å². The predicted molar refractivity (Wildman–Crippen MR) is 122 cm³/mol. The molecular weight excluding hydrogens is 438 g/mol. The number of benzene rings is 2. The van der Waals surface area contributed by atoms with Crippen LogP contribution >= 0.6 is 0 Å². The molecule has 0 radical (unpaired) electrons. The monoisotopic (exact) mass is 463 g/mol. The Morgan fingerprint density at radius 1 is 1.12 bits per heavy atom. The Kier molecular flexibility index (Phi) is 6.62. The SMILES string of the molecule is CCN(C(=O)c1conc1CNC(=O)OCC1c2ccccc2-c2ccccc21)C(C)C(=O)O. The maximum absolute atomic E-state index is 12.8. The van der Waals surface area contributed by atoms with Crippen LogP contribution in [0.5, 0.6) is 0 Å². The quantitative estimate of drug-likeness (QED) is 0.523. The summed E-state index contributed by atoms with van der Waals surface area (Å²) < 4.78 is 10.4. The number of ether oxygens (including phenoxy) is 1. The highest BCUT2D eigenvalue weighted by molar-refractivity contribution is 5.97. The van der Waals surface area contributed by atoms with E-state index in [0.717, 1.165) is 28.5 Å². The minimum absolute atomic E-state index is 0.0713. The van der Waals surface area contributed by atoms with Crippen LogP contribution in [0.3, 0.4) is 0 Å². The van der Waals surface area contributed by atoms with E-state index >= 15 is 0 Å². The number of aromatic nitrogens is 1. The standard InChI is InChI=1S/C25H25N3O6/c1-3-28(15(2)24(30)31)23(29)21-14-34-27-22(21)12-26-25(32)33-13-20-18-10-6-4-8-16(18)17-9-5-7-11-19(17)20/h4-11,14-15,20H,3,12-13H2,1-2H3,(H,26,32)(H,30,31). The number of hydrogen-bond acceptors (Lipinski definition) is 6. The molecule has 34 heavy (non-hydrogen) atoms. The number of likely N-dealkylation sites (N-methyl/N-ethyl adjacent to an activating group) is 1. The summed E-state index contributed by atoms with van der Waals surface area (Å²) in [6.45, 7) is 3.35. The Morgan fingerprint density at radius 3 is 2.32 bits per heavy atom. The van der Waals surface area contributed by atoms with Gasteiger partial charge < -0.3 is 24.6 Å². The van der Waals surface area contributed by atoms with Gasteiger partial charge in [0.1, 0.15) is 30.2 Å². The number of carbonyl (C=O) groups excluding carboxylic acids is 2. The first kappa shape index (κ1) is 23.0. The topological polar surface area (TPSA) is 122 Å². The fourth-order valence-corrected chi connectivity index (χ4v) is 4.25. The number of nitrogens with zero attached hydrogens (tertiary/aromatic N) is 2. The summed E-state index contributed by atoms with van der Waals surface area (Å²) in [4.78, 5) is 37.7. The van der Waals surface area contributed by atoms with E-state index < -0.39 is 24.0 Å². The van der Waals surface area contributed by atoms with Crippen LogP contribution < -0.4 is 5.32 Å². The minimum Gasteiger partial charge on any atom is -0.480 e. The van der Waals surface area contributed by atoms with Crippen molar-refractivity contribution in [3.05, 3.63) is 77.2 Å². The van der Waals surface area contributed by atoms with Crippen LogP contribution in [-0.2, 0) is 16.1 Å². The van der Waals surface area contributed by atoms with E-state index in [1.165, 1.54) is 11.8 Å². The minimum atomic E-state index is -1.12. The molecule has 9 heteroatoms.